The average Bonchev–Trinajstić information content (AvgIpc) is 2.52. The normalized spacial score (nSPS) is 44.3. The Kier molecular flexibility index (Phi) is 4.52. The molecule has 2 aliphatic carbocycles. The molecule has 0 aliphatic heterocycles. The Morgan fingerprint density at radius 2 is 1.76 bits per heavy atom. The van der Waals surface area contributed by atoms with Crippen LogP contribution in [0.2, 0.25) is 0 Å². The van der Waals surface area contributed by atoms with Gasteiger partial charge in [0.2, 0.25) is 0 Å². The summed E-state index contributed by atoms with van der Waals surface area (Å²) < 4.78 is 0. The summed E-state index contributed by atoms with van der Waals surface area (Å²) >= 11 is 0. The van der Waals surface area contributed by atoms with Gasteiger partial charge in [0.25, 0.3) is 0 Å². The molecule has 2 saturated carbocycles. The van der Waals surface area contributed by atoms with Crippen LogP contribution in [-0.4, -0.2) is 10.7 Å². The van der Waals surface area contributed by atoms with Gasteiger partial charge in [0.05, 0.1) is 5.60 Å². The first-order valence-electron chi connectivity index (χ1n) is 7.88. The Labute approximate surface area is 107 Å². The van der Waals surface area contributed by atoms with Crippen LogP contribution in [0.25, 0.3) is 0 Å². The van der Waals surface area contributed by atoms with E-state index in [4.69, 9.17) is 0 Å². The van der Waals surface area contributed by atoms with Gasteiger partial charge in [0, 0.05) is 0 Å². The van der Waals surface area contributed by atoms with Crippen LogP contribution in [-0.2, 0) is 0 Å². The predicted molar refractivity (Wildman–Crippen MR) is 72.9 cm³/mol. The van der Waals surface area contributed by atoms with Crippen molar-refractivity contribution in [2.24, 2.45) is 17.8 Å². The van der Waals surface area contributed by atoms with Crippen LogP contribution in [0.15, 0.2) is 0 Å². The molecular weight excluding hydrogens is 208 g/mol. The van der Waals surface area contributed by atoms with Gasteiger partial charge in [-0.1, -0.05) is 52.4 Å². The van der Waals surface area contributed by atoms with Crippen molar-refractivity contribution in [2.45, 2.75) is 83.7 Å². The molecule has 0 saturated heterocycles. The summed E-state index contributed by atoms with van der Waals surface area (Å²) in [5, 5.41) is 11.1. The highest BCUT2D eigenvalue weighted by atomic mass is 16.3. The van der Waals surface area contributed by atoms with Crippen LogP contribution in [0, 0.1) is 17.8 Å². The maximum atomic E-state index is 11.1. The quantitative estimate of drug-likeness (QED) is 0.701. The van der Waals surface area contributed by atoms with Crippen molar-refractivity contribution in [1.82, 2.24) is 0 Å². The maximum absolute atomic E-state index is 11.1. The van der Waals surface area contributed by atoms with Gasteiger partial charge < -0.3 is 5.11 Å². The third kappa shape index (κ3) is 3.05. The van der Waals surface area contributed by atoms with Crippen LogP contribution >= 0.6 is 0 Å². The molecule has 0 spiro atoms. The SMILES string of the molecule is CCC1CCCCC1C1(O)CCCC(C)CC1. The molecule has 2 fully saturated rings. The summed E-state index contributed by atoms with van der Waals surface area (Å²) in [5.41, 5.74) is -0.314. The second kappa shape index (κ2) is 5.73. The number of rotatable bonds is 2. The summed E-state index contributed by atoms with van der Waals surface area (Å²) in [7, 11) is 0. The highest BCUT2D eigenvalue weighted by Crippen LogP contribution is 2.45. The van der Waals surface area contributed by atoms with Crippen LogP contribution in [0.1, 0.15) is 78.1 Å². The Morgan fingerprint density at radius 3 is 2.53 bits per heavy atom. The van der Waals surface area contributed by atoms with Crippen LogP contribution in [0.5, 0.6) is 0 Å². The Hall–Kier alpha value is -0.0400. The Bertz CT molecular complexity index is 238. The minimum Gasteiger partial charge on any atom is -0.390 e. The molecule has 0 aromatic carbocycles. The first-order valence-corrected chi connectivity index (χ1v) is 7.88. The van der Waals surface area contributed by atoms with E-state index >= 15 is 0 Å². The predicted octanol–water partition coefficient (Wildman–Crippen LogP) is 4.53. The third-order valence-corrected chi connectivity index (χ3v) is 5.50. The molecule has 0 heterocycles. The van der Waals surface area contributed by atoms with Gasteiger partial charge in [-0.2, -0.15) is 0 Å². The lowest BCUT2D eigenvalue weighted by Crippen LogP contribution is -2.43. The number of hydrogen-bond donors (Lipinski definition) is 1. The lowest BCUT2D eigenvalue weighted by Gasteiger charge is -2.43. The maximum Gasteiger partial charge on any atom is 0.0678 e. The lowest BCUT2D eigenvalue weighted by molar-refractivity contribution is -0.0695. The van der Waals surface area contributed by atoms with Gasteiger partial charge >= 0.3 is 0 Å². The summed E-state index contributed by atoms with van der Waals surface area (Å²) in [4.78, 5) is 0. The molecule has 1 heteroatoms. The van der Waals surface area contributed by atoms with E-state index in [0.717, 1.165) is 24.7 Å². The molecule has 100 valence electrons. The fraction of sp³-hybridized carbons (Fsp3) is 1.00. The summed E-state index contributed by atoms with van der Waals surface area (Å²) in [6.45, 7) is 4.66. The van der Waals surface area contributed by atoms with Crippen LogP contribution in [0.4, 0.5) is 0 Å². The van der Waals surface area contributed by atoms with E-state index in [1.165, 1.54) is 51.4 Å². The second-order valence-electron chi connectivity index (χ2n) is 6.70. The van der Waals surface area contributed by atoms with Crippen molar-refractivity contribution >= 4 is 0 Å². The molecule has 4 atom stereocenters. The molecule has 4 unspecified atom stereocenters. The van der Waals surface area contributed by atoms with Crippen molar-refractivity contribution in [3.8, 4) is 0 Å². The molecule has 0 amide bonds. The second-order valence-corrected chi connectivity index (χ2v) is 6.70. The Morgan fingerprint density at radius 1 is 1.00 bits per heavy atom. The minimum absolute atomic E-state index is 0.314. The van der Waals surface area contributed by atoms with E-state index in [2.05, 4.69) is 13.8 Å². The zero-order valence-electron chi connectivity index (χ0n) is 11.8. The summed E-state index contributed by atoms with van der Waals surface area (Å²) in [6.07, 6.45) is 12.6. The molecular formula is C16H30O. The topological polar surface area (TPSA) is 20.2 Å². The van der Waals surface area contributed by atoms with Gasteiger partial charge in [0.1, 0.15) is 0 Å². The van der Waals surface area contributed by atoms with Crippen molar-refractivity contribution in [3.05, 3.63) is 0 Å². The third-order valence-electron chi connectivity index (χ3n) is 5.50. The zero-order chi connectivity index (χ0) is 12.3. The first kappa shape index (κ1) is 13.4. The summed E-state index contributed by atoms with van der Waals surface area (Å²) in [5.74, 6) is 2.22. The minimum atomic E-state index is -0.314. The molecule has 0 aromatic rings. The van der Waals surface area contributed by atoms with Gasteiger partial charge in [-0.25, -0.2) is 0 Å². The van der Waals surface area contributed by atoms with Crippen molar-refractivity contribution in [1.29, 1.82) is 0 Å². The van der Waals surface area contributed by atoms with E-state index in [-0.39, 0.29) is 5.60 Å². The van der Waals surface area contributed by atoms with E-state index in [1.807, 2.05) is 0 Å². The first-order chi connectivity index (χ1) is 8.15. The molecule has 17 heavy (non-hydrogen) atoms. The average molecular weight is 238 g/mol. The van der Waals surface area contributed by atoms with Gasteiger partial charge in [-0.15, -0.1) is 0 Å². The molecule has 0 radical (unpaired) electrons. The van der Waals surface area contributed by atoms with Crippen LogP contribution in [0.3, 0.4) is 0 Å². The van der Waals surface area contributed by atoms with E-state index in [1.54, 1.807) is 0 Å². The lowest BCUT2D eigenvalue weighted by atomic mass is 9.66. The molecule has 1 nitrogen and oxygen atoms in total. The van der Waals surface area contributed by atoms with E-state index < -0.39 is 0 Å². The standard InChI is InChI=1S/C16H30O/c1-3-14-8-4-5-9-15(14)16(17)11-6-7-13(2)10-12-16/h13-15,17H,3-12H2,1-2H3. The molecule has 2 aliphatic rings. The fourth-order valence-corrected chi connectivity index (χ4v) is 4.30. The van der Waals surface area contributed by atoms with Gasteiger partial charge in [0.15, 0.2) is 0 Å². The van der Waals surface area contributed by atoms with Crippen LogP contribution < -0.4 is 0 Å². The monoisotopic (exact) mass is 238 g/mol. The van der Waals surface area contributed by atoms with Crippen molar-refractivity contribution < 1.29 is 5.11 Å². The molecule has 0 bridgehead atoms. The van der Waals surface area contributed by atoms with Crippen molar-refractivity contribution in [3.63, 3.8) is 0 Å². The highest BCUT2D eigenvalue weighted by Gasteiger charge is 2.42. The molecule has 2 rings (SSSR count). The van der Waals surface area contributed by atoms with E-state index in [9.17, 15) is 5.11 Å². The molecule has 1 N–H and O–H groups in total. The van der Waals surface area contributed by atoms with Crippen molar-refractivity contribution in [2.75, 3.05) is 0 Å². The van der Waals surface area contributed by atoms with Gasteiger partial charge in [-0.05, 0) is 43.4 Å². The zero-order valence-corrected chi connectivity index (χ0v) is 11.8. The smallest absolute Gasteiger partial charge is 0.0678 e. The number of hydrogen-bond acceptors (Lipinski definition) is 1. The highest BCUT2D eigenvalue weighted by molar-refractivity contribution is 4.93. The van der Waals surface area contributed by atoms with E-state index in [0.29, 0.717) is 5.92 Å². The Balaban J connectivity index is 2.06. The summed E-state index contributed by atoms with van der Waals surface area (Å²) in [6, 6.07) is 0. The number of aliphatic hydroxyl groups is 1. The molecule has 0 aromatic heterocycles. The fourth-order valence-electron chi connectivity index (χ4n) is 4.30. The largest absolute Gasteiger partial charge is 0.390 e. The van der Waals surface area contributed by atoms with Gasteiger partial charge in [-0.3, -0.25) is 0 Å².